The van der Waals surface area contributed by atoms with Gasteiger partial charge in [0.1, 0.15) is 17.0 Å². The zero-order chi connectivity index (χ0) is 19.6. The van der Waals surface area contributed by atoms with Crippen LogP contribution in [0.1, 0.15) is 29.9 Å². The van der Waals surface area contributed by atoms with Crippen molar-refractivity contribution in [2.45, 2.75) is 39.1 Å². The van der Waals surface area contributed by atoms with Gasteiger partial charge in [-0.2, -0.15) is 4.31 Å². The van der Waals surface area contributed by atoms with Gasteiger partial charge in [0, 0.05) is 24.5 Å². The molecule has 3 rings (SSSR count). The molecular weight excluding hydrogens is 380 g/mol. The van der Waals surface area contributed by atoms with Crippen molar-refractivity contribution in [2.24, 2.45) is 0 Å². The molecule has 0 spiro atoms. The van der Waals surface area contributed by atoms with Gasteiger partial charge in [-0.05, 0) is 37.1 Å². The molecule has 2 aromatic heterocycles. The normalized spacial score (nSPS) is 12.0. The summed E-state index contributed by atoms with van der Waals surface area (Å²) in [4.78, 5) is 11.3. The third-order valence-electron chi connectivity index (χ3n) is 4.69. The highest BCUT2D eigenvalue weighted by Crippen LogP contribution is 2.32. The molecule has 27 heavy (non-hydrogen) atoms. The van der Waals surface area contributed by atoms with Crippen LogP contribution in [0, 0.1) is 13.8 Å². The lowest BCUT2D eigenvalue weighted by molar-refractivity contribution is 0.445. The fourth-order valence-corrected chi connectivity index (χ4v) is 5.45. The first kappa shape index (κ1) is 19.7. The first-order valence-corrected chi connectivity index (χ1v) is 11.2. The molecule has 0 bridgehead atoms. The van der Waals surface area contributed by atoms with Gasteiger partial charge in [-0.3, -0.25) is 0 Å². The first-order valence-electron chi connectivity index (χ1n) is 8.92. The lowest BCUT2D eigenvalue weighted by atomic mass is 10.2. The summed E-state index contributed by atoms with van der Waals surface area (Å²) in [6.45, 7) is 9.34. The molecule has 0 atom stereocenters. The molecule has 8 heteroatoms. The van der Waals surface area contributed by atoms with E-state index in [-0.39, 0.29) is 0 Å². The fraction of sp³-hybridized carbons (Fsp3) is 0.368. The van der Waals surface area contributed by atoms with E-state index in [1.807, 2.05) is 26.0 Å². The zero-order valence-corrected chi connectivity index (χ0v) is 17.6. The van der Waals surface area contributed by atoms with Crippen LogP contribution in [-0.4, -0.2) is 35.8 Å². The SMILES string of the molecule is CCN(CC)S(=O)(=O)c1ccc(CNc2ncnc3sc(C)c(C)c23)cc1. The van der Waals surface area contributed by atoms with Gasteiger partial charge < -0.3 is 5.32 Å². The minimum atomic E-state index is -3.42. The van der Waals surface area contributed by atoms with E-state index < -0.39 is 10.0 Å². The minimum absolute atomic E-state index is 0.323. The van der Waals surface area contributed by atoms with Crippen molar-refractivity contribution in [1.82, 2.24) is 14.3 Å². The Hall–Kier alpha value is -2.03. The van der Waals surface area contributed by atoms with Crippen molar-refractivity contribution in [3.8, 4) is 0 Å². The predicted octanol–water partition coefficient (Wildman–Crippen LogP) is 3.95. The number of rotatable bonds is 7. The highest BCUT2D eigenvalue weighted by atomic mass is 32.2. The Morgan fingerprint density at radius 1 is 1.07 bits per heavy atom. The van der Waals surface area contributed by atoms with Crippen LogP contribution in [0.3, 0.4) is 0 Å². The maximum absolute atomic E-state index is 12.6. The second kappa shape index (κ2) is 7.92. The summed E-state index contributed by atoms with van der Waals surface area (Å²) in [5.74, 6) is 0.807. The van der Waals surface area contributed by atoms with Crippen molar-refractivity contribution in [2.75, 3.05) is 18.4 Å². The standard InChI is InChI=1S/C19H24N4O2S2/c1-5-23(6-2)27(24,25)16-9-7-15(8-10-16)11-20-18-17-13(3)14(4)26-19(17)22-12-21-18/h7-10,12H,5-6,11H2,1-4H3,(H,20,21,22). The van der Waals surface area contributed by atoms with Gasteiger partial charge in [0.25, 0.3) is 0 Å². The van der Waals surface area contributed by atoms with E-state index in [4.69, 9.17) is 0 Å². The molecule has 0 saturated carbocycles. The van der Waals surface area contributed by atoms with Crippen LogP contribution >= 0.6 is 11.3 Å². The van der Waals surface area contributed by atoms with Crippen molar-refractivity contribution in [1.29, 1.82) is 0 Å². The van der Waals surface area contributed by atoms with E-state index in [1.54, 1.807) is 29.8 Å². The molecule has 0 fully saturated rings. The fourth-order valence-electron chi connectivity index (χ4n) is 2.99. The second-order valence-corrected chi connectivity index (χ2v) is 9.41. The molecule has 1 N–H and O–H groups in total. The highest BCUT2D eigenvalue weighted by molar-refractivity contribution is 7.89. The minimum Gasteiger partial charge on any atom is -0.365 e. The van der Waals surface area contributed by atoms with Gasteiger partial charge >= 0.3 is 0 Å². The average molecular weight is 405 g/mol. The Morgan fingerprint density at radius 3 is 2.37 bits per heavy atom. The lowest BCUT2D eigenvalue weighted by Crippen LogP contribution is -2.30. The molecule has 0 aliphatic carbocycles. The molecule has 6 nitrogen and oxygen atoms in total. The maximum Gasteiger partial charge on any atom is 0.243 e. The Labute approximate surface area is 164 Å². The summed E-state index contributed by atoms with van der Waals surface area (Å²) in [5, 5.41) is 4.41. The number of aromatic nitrogens is 2. The van der Waals surface area contributed by atoms with E-state index in [0.29, 0.717) is 24.5 Å². The van der Waals surface area contributed by atoms with E-state index in [0.717, 1.165) is 21.6 Å². The maximum atomic E-state index is 12.6. The Kier molecular flexibility index (Phi) is 5.78. The lowest BCUT2D eigenvalue weighted by Gasteiger charge is -2.18. The monoisotopic (exact) mass is 404 g/mol. The van der Waals surface area contributed by atoms with Crippen LogP contribution < -0.4 is 5.32 Å². The quantitative estimate of drug-likeness (QED) is 0.645. The van der Waals surface area contributed by atoms with E-state index in [9.17, 15) is 8.42 Å². The van der Waals surface area contributed by atoms with Crippen LogP contribution in [0.15, 0.2) is 35.5 Å². The average Bonchev–Trinajstić information content (AvgIpc) is 2.96. The summed E-state index contributed by atoms with van der Waals surface area (Å²) < 4.78 is 26.6. The summed E-state index contributed by atoms with van der Waals surface area (Å²) in [7, 11) is -3.42. The predicted molar refractivity (Wildman–Crippen MR) is 111 cm³/mol. The van der Waals surface area contributed by atoms with Crippen molar-refractivity contribution in [3.05, 3.63) is 46.6 Å². The zero-order valence-electron chi connectivity index (χ0n) is 16.0. The second-order valence-electron chi connectivity index (χ2n) is 6.27. The Bertz CT molecular complexity index is 1040. The number of nitrogens with one attached hydrogen (secondary N) is 1. The van der Waals surface area contributed by atoms with Crippen LogP contribution in [0.5, 0.6) is 0 Å². The molecule has 1 aromatic carbocycles. The highest BCUT2D eigenvalue weighted by Gasteiger charge is 2.21. The number of sulfonamides is 1. The summed E-state index contributed by atoms with van der Waals surface area (Å²) in [6.07, 6.45) is 1.57. The third kappa shape index (κ3) is 3.83. The number of hydrogen-bond acceptors (Lipinski definition) is 6. The van der Waals surface area contributed by atoms with Gasteiger partial charge in [0.05, 0.1) is 10.3 Å². The molecule has 0 saturated heterocycles. The smallest absolute Gasteiger partial charge is 0.243 e. The van der Waals surface area contributed by atoms with Crippen LogP contribution in [-0.2, 0) is 16.6 Å². The summed E-state index contributed by atoms with van der Waals surface area (Å²) in [6, 6.07) is 7.02. The van der Waals surface area contributed by atoms with Gasteiger partial charge in [-0.1, -0.05) is 26.0 Å². The summed E-state index contributed by atoms with van der Waals surface area (Å²) in [5.41, 5.74) is 2.18. The number of benzene rings is 1. The van der Waals surface area contributed by atoms with E-state index >= 15 is 0 Å². The molecule has 0 aliphatic rings. The Balaban J connectivity index is 1.79. The molecule has 0 radical (unpaired) electrons. The van der Waals surface area contributed by atoms with E-state index in [1.165, 1.54) is 14.7 Å². The molecule has 0 aliphatic heterocycles. The number of thiophene rings is 1. The largest absolute Gasteiger partial charge is 0.365 e. The van der Waals surface area contributed by atoms with Crippen molar-refractivity contribution in [3.63, 3.8) is 0 Å². The number of anilines is 1. The van der Waals surface area contributed by atoms with Gasteiger partial charge in [-0.25, -0.2) is 18.4 Å². The Morgan fingerprint density at radius 2 is 1.74 bits per heavy atom. The van der Waals surface area contributed by atoms with Gasteiger partial charge in [0.15, 0.2) is 0 Å². The number of nitrogens with zero attached hydrogens (tertiary/aromatic N) is 3. The third-order valence-corrected chi connectivity index (χ3v) is 7.87. The number of hydrogen-bond donors (Lipinski definition) is 1. The summed E-state index contributed by atoms with van der Waals surface area (Å²) >= 11 is 1.66. The van der Waals surface area contributed by atoms with Crippen LogP contribution in [0.25, 0.3) is 10.2 Å². The molecular formula is C19H24N4O2S2. The van der Waals surface area contributed by atoms with Crippen molar-refractivity contribution < 1.29 is 8.42 Å². The van der Waals surface area contributed by atoms with Crippen LogP contribution in [0.4, 0.5) is 5.82 Å². The van der Waals surface area contributed by atoms with Gasteiger partial charge in [0.2, 0.25) is 10.0 Å². The van der Waals surface area contributed by atoms with Gasteiger partial charge in [-0.15, -0.1) is 11.3 Å². The molecule has 2 heterocycles. The topological polar surface area (TPSA) is 75.2 Å². The number of aryl methyl sites for hydroxylation is 2. The van der Waals surface area contributed by atoms with Crippen molar-refractivity contribution >= 4 is 37.4 Å². The number of fused-ring (bicyclic) bond motifs is 1. The van der Waals surface area contributed by atoms with E-state index in [2.05, 4.69) is 29.1 Å². The molecule has 144 valence electrons. The molecule has 3 aromatic rings. The van der Waals surface area contributed by atoms with Crippen LogP contribution in [0.2, 0.25) is 0 Å². The molecule has 0 unspecified atom stereocenters. The first-order chi connectivity index (χ1) is 12.9. The molecule has 0 amide bonds.